The summed E-state index contributed by atoms with van der Waals surface area (Å²) in [4.78, 5) is 12.7. The third-order valence-corrected chi connectivity index (χ3v) is 4.08. The second-order valence-electron chi connectivity index (χ2n) is 4.16. The largest absolute Gasteiger partial charge is 0.289 e. The van der Waals surface area contributed by atoms with Gasteiger partial charge in [0.2, 0.25) is 0 Å². The molecule has 0 amide bonds. The van der Waals surface area contributed by atoms with Crippen molar-refractivity contribution in [3.8, 4) is 0 Å². The van der Waals surface area contributed by atoms with Crippen molar-refractivity contribution in [2.24, 2.45) is 0 Å². The minimum Gasteiger partial charge on any atom is -0.289 e. The van der Waals surface area contributed by atoms with Crippen LogP contribution in [0.1, 0.15) is 39.7 Å². The van der Waals surface area contributed by atoms with Crippen LogP contribution in [-0.2, 0) is 0 Å². The number of alkyl halides is 1. The van der Waals surface area contributed by atoms with Gasteiger partial charge in [0.25, 0.3) is 0 Å². The zero-order valence-electron chi connectivity index (χ0n) is 10.3. The summed E-state index contributed by atoms with van der Waals surface area (Å²) in [5, 5.41) is 0. The Balaban J connectivity index is 2.43. The summed E-state index contributed by atoms with van der Waals surface area (Å²) in [5.41, 5.74) is 2.59. The summed E-state index contributed by atoms with van der Waals surface area (Å²) < 4.78 is 0. The fraction of sp³-hybridized carbons (Fsp3) is 0.188. The van der Waals surface area contributed by atoms with E-state index in [0.29, 0.717) is 0 Å². The molecule has 0 saturated heterocycles. The molecule has 0 N–H and O–H groups in total. The van der Waals surface area contributed by atoms with Gasteiger partial charge < -0.3 is 0 Å². The maximum atomic E-state index is 12.5. The topological polar surface area (TPSA) is 17.1 Å². The van der Waals surface area contributed by atoms with Crippen LogP contribution in [-0.4, -0.2) is 5.78 Å². The van der Waals surface area contributed by atoms with E-state index in [1.54, 1.807) is 0 Å². The van der Waals surface area contributed by atoms with E-state index in [2.05, 4.69) is 22.9 Å². The van der Waals surface area contributed by atoms with Gasteiger partial charge in [-0.1, -0.05) is 77.5 Å². The summed E-state index contributed by atoms with van der Waals surface area (Å²) in [6, 6.07) is 17.2. The molecule has 0 aliphatic heterocycles. The molecule has 0 aliphatic rings. The Kier molecular flexibility index (Phi) is 4.32. The Hall–Kier alpha value is -1.41. The van der Waals surface area contributed by atoms with Crippen molar-refractivity contribution in [2.45, 2.75) is 18.2 Å². The third kappa shape index (κ3) is 2.70. The first-order valence-corrected chi connectivity index (χ1v) is 6.98. The van der Waals surface area contributed by atoms with Gasteiger partial charge in [-0.05, 0) is 12.0 Å². The molecule has 0 bridgehead atoms. The average molecular weight is 303 g/mol. The highest BCUT2D eigenvalue weighted by molar-refractivity contribution is 9.09. The Morgan fingerprint density at radius 2 is 1.67 bits per heavy atom. The summed E-state index contributed by atoms with van der Waals surface area (Å²) in [7, 11) is 0. The molecule has 0 radical (unpaired) electrons. The van der Waals surface area contributed by atoms with Crippen LogP contribution in [0.5, 0.6) is 0 Å². The van der Waals surface area contributed by atoms with Gasteiger partial charge in [0.1, 0.15) is 0 Å². The fourth-order valence-electron chi connectivity index (χ4n) is 1.94. The lowest BCUT2D eigenvalue weighted by Crippen LogP contribution is -2.06. The van der Waals surface area contributed by atoms with Crippen LogP contribution in [0, 0.1) is 0 Å². The van der Waals surface area contributed by atoms with Crippen LogP contribution in [0.15, 0.2) is 54.6 Å². The zero-order valence-corrected chi connectivity index (χ0v) is 11.9. The molecule has 0 aromatic heterocycles. The summed E-state index contributed by atoms with van der Waals surface area (Å²) in [6.45, 7) is 2.10. The van der Waals surface area contributed by atoms with Crippen molar-refractivity contribution < 1.29 is 4.79 Å². The highest BCUT2D eigenvalue weighted by Crippen LogP contribution is 2.29. The number of benzene rings is 2. The SMILES string of the molecule is CCC(Br)c1ccccc1C(=O)c1ccccc1. The molecule has 1 unspecified atom stereocenters. The Morgan fingerprint density at radius 1 is 1.06 bits per heavy atom. The minimum absolute atomic E-state index is 0.0871. The Morgan fingerprint density at radius 3 is 2.33 bits per heavy atom. The van der Waals surface area contributed by atoms with Crippen LogP contribution >= 0.6 is 15.9 Å². The van der Waals surface area contributed by atoms with E-state index in [0.717, 1.165) is 23.1 Å². The third-order valence-electron chi connectivity index (χ3n) is 2.94. The Labute approximate surface area is 116 Å². The highest BCUT2D eigenvalue weighted by atomic mass is 79.9. The van der Waals surface area contributed by atoms with Crippen molar-refractivity contribution >= 4 is 21.7 Å². The zero-order chi connectivity index (χ0) is 13.0. The smallest absolute Gasteiger partial charge is 0.193 e. The van der Waals surface area contributed by atoms with Crippen molar-refractivity contribution in [1.82, 2.24) is 0 Å². The van der Waals surface area contributed by atoms with E-state index in [4.69, 9.17) is 0 Å². The van der Waals surface area contributed by atoms with Gasteiger partial charge in [0.15, 0.2) is 5.78 Å². The summed E-state index contributed by atoms with van der Waals surface area (Å²) in [6.07, 6.45) is 0.957. The monoisotopic (exact) mass is 302 g/mol. The molecule has 0 fully saturated rings. The first-order chi connectivity index (χ1) is 8.74. The molecular weight excluding hydrogens is 288 g/mol. The molecule has 0 aliphatic carbocycles. The van der Waals surface area contributed by atoms with Crippen LogP contribution in [0.4, 0.5) is 0 Å². The number of hydrogen-bond acceptors (Lipinski definition) is 1. The molecule has 2 aromatic carbocycles. The van der Waals surface area contributed by atoms with Gasteiger partial charge in [-0.2, -0.15) is 0 Å². The summed E-state index contributed by atoms with van der Waals surface area (Å²) >= 11 is 3.62. The maximum absolute atomic E-state index is 12.5. The standard InChI is InChI=1S/C16H15BrO/c1-2-15(17)13-10-6-7-11-14(13)16(18)12-8-4-3-5-9-12/h3-11,15H,2H2,1H3. The molecule has 92 valence electrons. The van der Waals surface area contributed by atoms with Gasteiger partial charge in [-0.25, -0.2) is 0 Å². The van der Waals surface area contributed by atoms with Crippen molar-refractivity contribution in [3.05, 3.63) is 71.3 Å². The van der Waals surface area contributed by atoms with Crippen molar-refractivity contribution in [2.75, 3.05) is 0 Å². The van der Waals surface area contributed by atoms with Crippen LogP contribution in [0.2, 0.25) is 0 Å². The predicted octanol–water partition coefficient (Wildman–Crippen LogP) is 4.76. The maximum Gasteiger partial charge on any atom is 0.193 e. The van der Waals surface area contributed by atoms with E-state index >= 15 is 0 Å². The van der Waals surface area contributed by atoms with Crippen LogP contribution < -0.4 is 0 Å². The van der Waals surface area contributed by atoms with Crippen molar-refractivity contribution in [1.29, 1.82) is 0 Å². The van der Waals surface area contributed by atoms with Crippen LogP contribution in [0.3, 0.4) is 0 Å². The lowest BCUT2D eigenvalue weighted by Gasteiger charge is -2.12. The van der Waals surface area contributed by atoms with E-state index in [-0.39, 0.29) is 10.6 Å². The molecule has 1 nitrogen and oxygen atoms in total. The van der Waals surface area contributed by atoms with Gasteiger partial charge in [-0.15, -0.1) is 0 Å². The van der Waals surface area contributed by atoms with Gasteiger partial charge in [0, 0.05) is 16.0 Å². The first-order valence-electron chi connectivity index (χ1n) is 6.06. The minimum atomic E-state index is 0.0871. The lowest BCUT2D eigenvalue weighted by molar-refractivity contribution is 0.103. The molecule has 1 atom stereocenters. The van der Waals surface area contributed by atoms with Crippen molar-refractivity contribution in [3.63, 3.8) is 0 Å². The van der Waals surface area contributed by atoms with E-state index in [1.807, 2.05) is 54.6 Å². The van der Waals surface area contributed by atoms with E-state index in [1.165, 1.54) is 0 Å². The number of ketones is 1. The number of hydrogen-bond donors (Lipinski definition) is 0. The number of carbonyl (C=O) groups excluding carboxylic acids is 1. The van der Waals surface area contributed by atoms with E-state index in [9.17, 15) is 4.79 Å². The molecule has 0 spiro atoms. The van der Waals surface area contributed by atoms with Gasteiger partial charge in [0.05, 0.1) is 0 Å². The average Bonchev–Trinajstić information content (AvgIpc) is 2.46. The molecule has 0 saturated carbocycles. The highest BCUT2D eigenvalue weighted by Gasteiger charge is 2.16. The molecule has 0 heterocycles. The lowest BCUT2D eigenvalue weighted by atomic mass is 9.96. The first kappa shape index (κ1) is 13.0. The van der Waals surface area contributed by atoms with Crippen LogP contribution in [0.25, 0.3) is 0 Å². The molecule has 2 aromatic rings. The van der Waals surface area contributed by atoms with Gasteiger partial charge in [-0.3, -0.25) is 4.79 Å². The Bertz CT molecular complexity index is 534. The number of carbonyl (C=O) groups is 1. The predicted molar refractivity (Wildman–Crippen MR) is 78.3 cm³/mol. The number of rotatable bonds is 4. The second-order valence-corrected chi connectivity index (χ2v) is 5.26. The number of halogens is 1. The molecular formula is C16H15BrO. The quantitative estimate of drug-likeness (QED) is 0.587. The second kappa shape index (κ2) is 5.96. The summed E-state index contributed by atoms with van der Waals surface area (Å²) in [5.74, 6) is 0.0871. The normalized spacial score (nSPS) is 12.1. The fourth-order valence-corrected chi connectivity index (χ4v) is 2.34. The molecule has 2 heteroatoms. The molecule has 18 heavy (non-hydrogen) atoms. The van der Waals surface area contributed by atoms with E-state index < -0.39 is 0 Å². The molecule has 2 rings (SSSR count). The van der Waals surface area contributed by atoms with Gasteiger partial charge >= 0.3 is 0 Å².